The van der Waals surface area contributed by atoms with Gasteiger partial charge >= 0.3 is 0 Å². The number of piperidine rings is 1. The highest BCUT2D eigenvalue weighted by Gasteiger charge is 2.20. The van der Waals surface area contributed by atoms with E-state index in [1.54, 1.807) is 0 Å². The Morgan fingerprint density at radius 2 is 1.92 bits per heavy atom. The van der Waals surface area contributed by atoms with E-state index in [4.69, 9.17) is 0 Å². The maximum atomic E-state index is 11.4. The van der Waals surface area contributed by atoms with Gasteiger partial charge in [-0.05, 0) is 25.9 Å². The summed E-state index contributed by atoms with van der Waals surface area (Å²) >= 11 is 0. The zero-order chi connectivity index (χ0) is 9.90. The first-order valence-electron chi connectivity index (χ1n) is 4.41. The molecule has 0 atom stereocenters. The predicted molar refractivity (Wildman–Crippen MR) is 53.0 cm³/mol. The van der Waals surface area contributed by atoms with Crippen molar-refractivity contribution in [3.05, 3.63) is 0 Å². The minimum absolute atomic E-state index is 0.0121. The maximum Gasteiger partial charge on any atom is 0.256 e. The largest absolute Gasteiger partial charge is 0.317 e. The molecule has 0 spiro atoms. The third-order valence-corrected chi connectivity index (χ3v) is 2.62. The first kappa shape index (κ1) is 10.7. The van der Waals surface area contributed by atoms with E-state index in [9.17, 15) is 9.00 Å². The van der Waals surface area contributed by atoms with Crippen molar-refractivity contribution in [3.8, 4) is 0 Å². The van der Waals surface area contributed by atoms with Crippen molar-refractivity contribution < 1.29 is 9.00 Å². The van der Waals surface area contributed by atoms with E-state index in [0.29, 0.717) is 0 Å². The highest BCUT2D eigenvalue weighted by atomic mass is 32.2. The number of hydrogen-bond donors (Lipinski definition) is 1. The van der Waals surface area contributed by atoms with Crippen LogP contribution in [0.5, 0.6) is 0 Å². The van der Waals surface area contributed by atoms with Gasteiger partial charge in [0, 0.05) is 28.2 Å². The quantitative estimate of drug-likeness (QED) is 0.665. The fourth-order valence-corrected chi connectivity index (χ4v) is 1.94. The monoisotopic (exact) mass is 204 g/mol. The third kappa shape index (κ3) is 3.87. The number of carbonyl (C=O) groups is 1. The summed E-state index contributed by atoms with van der Waals surface area (Å²) in [6.45, 7) is 1.72. The van der Waals surface area contributed by atoms with Gasteiger partial charge < -0.3 is 5.32 Å². The maximum absolute atomic E-state index is 11.4. The number of rotatable bonds is 1. The Kier molecular flexibility index (Phi) is 3.44. The molecule has 0 saturated carbocycles. The van der Waals surface area contributed by atoms with Gasteiger partial charge in [0.25, 0.3) is 5.91 Å². The molecule has 0 bridgehead atoms. The molecule has 1 aliphatic heterocycles. The van der Waals surface area contributed by atoms with Crippen LogP contribution in [0.15, 0.2) is 4.36 Å². The smallest absolute Gasteiger partial charge is 0.256 e. The summed E-state index contributed by atoms with van der Waals surface area (Å²) in [5, 5.41) is 3.17. The molecule has 0 aromatic rings. The van der Waals surface area contributed by atoms with Crippen LogP contribution in [0, 0.1) is 5.92 Å². The van der Waals surface area contributed by atoms with Gasteiger partial charge in [-0.15, -0.1) is 0 Å². The van der Waals surface area contributed by atoms with E-state index < -0.39 is 9.73 Å². The molecular formula is C8H16N2O2S. The lowest BCUT2D eigenvalue weighted by molar-refractivity contribution is -0.122. The van der Waals surface area contributed by atoms with Crippen LogP contribution in [0.2, 0.25) is 0 Å². The lowest BCUT2D eigenvalue weighted by Gasteiger charge is -2.19. The Balaban J connectivity index is 2.62. The zero-order valence-electron chi connectivity index (χ0n) is 8.08. The van der Waals surface area contributed by atoms with Crippen LogP contribution in [0.3, 0.4) is 0 Å². The molecule has 0 aliphatic carbocycles. The van der Waals surface area contributed by atoms with Crippen molar-refractivity contribution in [3.63, 3.8) is 0 Å². The summed E-state index contributed by atoms with van der Waals surface area (Å²) in [7, 11) is -2.27. The second kappa shape index (κ2) is 4.19. The Morgan fingerprint density at radius 3 is 2.38 bits per heavy atom. The number of nitrogens with one attached hydrogen (secondary N) is 1. The van der Waals surface area contributed by atoms with Crippen LogP contribution < -0.4 is 5.32 Å². The summed E-state index contributed by atoms with van der Waals surface area (Å²) in [6.07, 6.45) is 4.62. The lowest BCUT2D eigenvalue weighted by Crippen LogP contribution is -2.31. The third-order valence-electron chi connectivity index (χ3n) is 2.00. The van der Waals surface area contributed by atoms with Crippen molar-refractivity contribution in [2.45, 2.75) is 12.8 Å². The molecule has 13 heavy (non-hydrogen) atoms. The first-order chi connectivity index (χ1) is 5.99. The van der Waals surface area contributed by atoms with Crippen LogP contribution in [-0.4, -0.2) is 35.7 Å². The minimum atomic E-state index is -2.27. The van der Waals surface area contributed by atoms with Gasteiger partial charge in [-0.25, -0.2) is 4.21 Å². The van der Waals surface area contributed by atoms with Gasteiger partial charge in [0.15, 0.2) is 0 Å². The van der Waals surface area contributed by atoms with E-state index in [1.165, 1.54) is 12.5 Å². The molecule has 0 unspecified atom stereocenters. The van der Waals surface area contributed by atoms with Gasteiger partial charge in [-0.1, -0.05) is 0 Å². The van der Waals surface area contributed by atoms with Gasteiger partial charge in [0.05, 0.1) is 0 Å². The fraction of sp³-hybridized carbons (Fsp3) is 0.875. The van der Waals surface area contributed by atoms with E-state index in [2.05, 4.69) is 9.68 Å². The molecule has 1 aliphatic rings. The average Bonchev–Trinajstić information content (AvgIpc) is 2.03. The average molecular weight is 204 g/mol. The van der Waals surface area contributed by atoms with Crippen LogP contribution in [-0.2, 0) is 14.5 Å². The molecular weight excluding hydrogens is 188 g/mol. The van der Waals surface area contributed by atoms with E-state index in [-0.39, 0.29) is 11.8 Å². The highest BCUT2D eigenvalue weighted by molar-refractivity contribution is 7.92. The van der Waals surface area contributed by atoms with Gasteiger partial charge in [-0.3, -0.25) is 4.79 Å². The Morgan fingerprint density at radius 1 is 1.38 bits per heavy atom. The molecule has 1 N–H and O–H groups in total. The molecule has 0 aromatic heterocycles. The second-order valence-corrected chi connectivity index (χ2v) is 6.18. The summed E-state index contributed by atoms with van der Waals surface area (Å²) in [4.78, 5) is 11.4. The molecule has 4 nitrogen and oxygen atoms in total. The molecule has 76 valence electrons. The van der Waals surface area contributed by atoms with E-state index >= 15 is 0 Å². The molecule has 1 fully saturated rings. The number of nitrogens with zero attached hydrogens (tertiary/aromatic N) is 1. The molecule has 5 heteroatoms. The van der Waals surface area contributed by atoms with Crippen LogP contribution in [0.25, 0.3) is 0 Å². The summed E-state index contributed by atoms with van der Waals surface area (Å²) in [5.41, 5.74) is 0. The van der Waals surface area contributed by atoms with Crippen molar-refractivity contribution in [1.29, 1.82) is 0 Å². The lowest BCUT2D eigenvalue weighted by atomic mass is 9.98. The molecule has 0 aromatic carbocycles. The summed E-state index contributed by atoms with van der Waals surface area (Å²) in [6, 6.07) is 0. The minimum Gasteiger partial charge on any atom is -0.317 e. The fourth-order valence-electron chi connectivity index (χ4n) is 1.36. The zero-order valence-corrected chi connectivity index (χ0v) is 8.89. The Labute approximate surface area is 79.3 Å². The van der Waals surface area contributed by atoms with E-state index in [0.717, 1.165) is 25.9 Å². The molecule has 1 amide bonds. The molecule has 0 radical (unpaired) electrons. The van der Waals surface area contributed by atoms with Crippen molar-refractivity contribution in [1.82, 2.24) is 5.32 Å². The first-order valence-corrected chi connectivity index (χ1v) is 6.74. The van der Waals surface area contributed by atoms with Gasteiger partial charge in [0.2, 0.25) is 0 Å². The van der Waals surface area contributed by atoms with E-state index in [1.807, 2.05) is 0 Å². The van der Waals surface area contributed by atoms with Crippen molar-refractivity contribution in [2.24, 2.45) is 10.3 Å². The van der Waals surface area contributed by atoms with Gasteiger partial charge in [-0.2, -0.15) is 4.36 Å². The topological polar surface area (TPSA) is 58.5 Å². The number of amides is 1. The highest BCUT2D eigenvalue weighted by Crippen LogP contribution is 2.13. The molecule has 1 saturated heterocycles. The SMILES string of the molecule is CS(C)(=O)=NC(=O)C1CCNCC1. The number of carbonyl (C=O) groups excluding carboxylic acids is 1. The number of hydrogen-bond acceptors (Lipinski definition) is 3. The van der Waals surface area contributed by atoms with Crippen LogP contribution in [0.4, 0.5) is 0 Å². The van der Waals surface area contributed by atoms with Crippen molar-refractivity contribution in [2.75, 3.05) is 25.6 Å². The molecule has 1 heterocycles. The Bertz CT molecular complexity index is 291. The van der Waals surface area contributed by atoms with Crippen LogP contribution >= 0.6 is 0 Å². The van der Waals surface area contributed by atoms with Crippen molar-refractivity contribution >= 4 is 15.6 Å². The normalized spacial score (nSPS) is 19.8. The predicted octanol–water partition coefficient (Wildman–Crippen LogP) is 0.240. The van der Waals surface area contributed by atoms with Gasteiger partial charge in [0.1, 0.15) is 0 Å². The Hall–Kier alpha value is -0.420. The summed E-state index contributed by atoms with van der Waals surface area (Å²) in [5.74, 6) is -0.196. The summed E-state index contributed by atoms with van der Waals surface area (Å²) < 4.78 is 14.9. The standard InChI is InChI=1S/C8H16N2O2S/c1-13(2,12)10-8(11)7-3-5-9-6-4-7/h7,9H,3-6H2,1-2H3. The second-order valence-electron chi connectivity index (χ2n) is 3.64. The molecule has 1 rings (SSSR count). The van der Waals surface area contributed by atoms with Crippen LogP contribution in [0.1, 0.15) is 12.8 Å².